The molecule has 17 heavy (non-hydrogen) atoms. The largest absolute Gasteiger partial charge is 0.368 e. The average molecular weight is 234 g/mol. The molecule has 2 rings (SSSR count). The molecule has 2 aromatic rings. The van der Waals surface area contributed by atoms with Crippen LogP contribution < -0.4 is 11.1 Å². The van der Waals surface area contributed by atoms with Gasteiger partial charge in [0, 0.05) is 6.04 Å². The van der Waals surface area contributed by atoms with E-state index in [1.807, 2.05) is 0 Å². The highest BCUT2D eigenvalue weighted by molar-refractivity contribution is 5.86. The van der Waals surface area contributed by atoms with E-state index in [0.29, 0.717) is 17.6 Å². The van der Waals surface area contributed by atoms with Gasteiger partial charge in [0.1, 0.15) is 5.82 Å². The Kier molecular flexibility index (Phi) is 3.12. The van der Waals surface area contributed by atoms with Crippen molar-refractivity contribution in [2.45, 2.75) is 33.2 Å². The van der Waals surface area contributed by atoms with Gasteiger partial charge in [0.2, 0.25) is 5.95 Å². The quantitative estimate of drug-likeness (QED) is 0.750. The molecule has 0 aliphatic heterocycles. The van der Waals surface area contributed by atoms with Gasteiger partial charge in [-0.25, -0.2) is 0 Å². The van der Waals surface area contributed by atoms with Crippen molar-refractivity contribution in [1.29, 1.82) is 0 Å². The zero-order chi connectivity index (χ0) is 12.4. The summed E-state index contributed by atoms with van der Waals surface area (Å²) in [5, 5.41) is 11.0. The van der Waals surface area contributed by atoms with Crippen molar-refractivity contribution in [3.8, 4) is 0 Å². The summed E-state index contributed by atoms with van der Waals surface area (Å²) in [6.45, 7) is 6.51. The van der Waals surface area contributed by atoms with Gasteiger partial charge in [0.05, 0.1) is 11.6 Å². The van der Waals surface area contributed by atoms with Crippen LogP contribution in [0.4, 0.5) is 11.8 Å². The number of fused-ring (bicyclic) bond motifs is 1. The number of nitrogens with two attached hydrogens (primary N) is 1. The molecule has 0 fully saturated rings. The summed E-state index contributed by atoms with van der Waals surface area (Å²) in [6, 6.07) is 0.363. The van der Waals surface area contributed by atoms with E-state index in [1.165, 1.54) is 0 Å². The zero-order valence-corrected chi connectivity index (χ0v) is 10.4. The van der Waals surface area contributed by atoms with Gasteiger partial charge >= 0.3 is 0 Å². The molecule has 6 nitrogen and oxygen atoms in total. The normalized spacial score (nSPS) is 13.2. The molecule has 4 N–H and O–H groups in total. The van der Waals surface area contributed by atoms with Crippen LogP contribution in [0.25, 0.3) is 11.0 Å². The first-order valence-corrected chi connectivity index (χ1v) is 5.85. The molecule has 0 spiro atoms. The van der Waals surface area contributed by atoms with Crippen LogP contribution in [-0.4, -0.2) is 26.2 Å². The van der Waals surface area contributed by atoms with E-state index >= 15 is 0 Å². The molecular formula is C11H18N6. The number of hydrogen-bond acceptors (Lipinski definition) is 5. The van der Waals surface area contributed by atoms with E-state index in [9.17, 15) is 0 Å². The summed E-state index contributed by atoms with van der Waals surface area (Å²) >= 11 is 0. The maximum atomic E-state index is 5.67. The predicted octanol–water partition coefficient (Wildman–Crippen LogP) is 1.78. The highest BCUT2D eigenvalue weighted by Crippen LogP contribution is 2.21. The Morgan fingerprint density at radius 3 is 2.82 bits per heavy atom. The van der Waals surface area contributed by atoms with Gasteiger partial charge in [0.15, 0.2) is 5.65 Å². The number of anilines is 2. The van der Waals surface area contributed by atoms with Crippen molar-refractivity contribution in [2.75, 3.05) is 11.1 Å². The summed E-state index contributed by atoms with van der Waals surface area (Å²) in [7, 11) is 0. The van der Waals surface area contributed by atoms with E-state index < -0.39 is 0 Å². The molecular weight excluding hydrogens is 216 g/mol. The molecule has 0 saturated heterocycles. The molecule has 2 heterocycles. The summed E-state index contributed by atoms with van der Waals surface area (Å²) in [5.74, 6) is 1.53. The van der Waals surface area contributed by atoms with Crippen LogP contribution in [0.1, 0.15) is 27.2 Å². The van der Waals surface area contributed by atoms with E-state index in [1.54, 1.807) is 6.20 Å². The third-order valence-electron chi connectivity index (χ3n) is 2.89. The average Bonchev–Trinajstić information content (AvgIpc) is 2.72. The van der Waals surface area contributed by atoms with Crippen LogP contribution in [0.15, 0.2) is 6.20 Å². The van der Waals surface area contributed by atoms with Crippen molar-refractivity contribution >= 4 is 22.8 Å². The van der Waals surface area contributed by atoms with Crippen LogP contribution in [0.5, 0.6) is 0 Å². The van der Waals surface area contributed by atoms with Gasteiger partial charge < -0.3 is 11.1 Å². The number of nitrogen functional groups attached to an aromatic ring is 1. The smallest absolute Gasteiger partial charge is 0.224 e. The van der Waals surface area contributed by atoms with E-state index in [4.69, 9.17) is 5.73 Å². The van der Waals surface area contributed by atoms with Crippen LogP contribution in [0, 0.1) is 5.92 Å². The summed E-state index contributed by atoms with van der Waals surface area (Å²) in [6.07, 6.45) is 2.74. The second-order valence-corrected chi connectivity index (χ2v) is 4.47. The first kappa shape index (κ1) is 11.6. The molecule has 0 bridgehead atoms. The topological polar surface area (TPSA) is 92.5 Å². The van der Waals surface area contributed by atoms with E-state index in [-0.39, 0.29) is 5.95 Å². The van der Waals surface area contributed by atoms with Gasteiger partial charge in [-0.3, -0.25) is 5.10 Å². The Hall–Kier alpha value is -1.85. The van der Waals surface area contributed by atoms with E-state index in [0.717, 1.165) is 17.6 Å². The molecule has 0 radical (unpaired) electrons. The molecule has 0 saturated carbocycles. The van der Waals surface area contributed by atoms with Crippen molar-refractivity contribution < 1.29 is 0 Å². The second kappa shape index (κ2) is 4.57. The van der Waals surface area contributed by atoms with Crippen molar-refractivity contribution in [3.05, 3.63) is 6.20 Å². The van der Waals surface area contributed by atoms with E-state index in [2.05, 4.69) is 46.3 Å². The maximum Gasteiger partial charge on any atom is 0.224 e. The van der Waals surface area contributed by atoms with Crippen molar-refractivity contribution in [1.82, 2.24) is 20.2 Å². The SMILES string of the molecule is CCC(Nc1nc(N)nc2[nH]ncc12)C(C)C. The molecule has 0 aromatic carbocycles. The van der Waals surface area contributed by atoms with Gasteiger partial charge in [-0.1, -0.05) is 20.8 Å². The third-order valence-corrected chi connectivity index (χ3v) is 2.89. The Morgan fingerprint density at radius 1 is 1.41 bits per heavy atom. The molecule has 2 aromatic heterocycles. The van der Waals surface area contributed by atoms with Gasteiger partial charge in [0.25, 0.3) is 0 Å². The highest BCUT2D eigenvalue weighted by atomic mass is 15.2. The van der Waals surface area contributed by atoms with Crippen LogP contribution in [0.2, 0.25) is 0 Å². The number of aromatic nitrogens is 4. The Bertz CT molecular complexity index is 504. The molecule has 0 aliphatic carbocycles. The van der Waals surface area contributed by atoms with Gasteiger partial charge in [-0.2, -0.15) is 15.1 Å². The number of nitrogens with zero attached hydrogens (tertiary/aromatic N) is 3. The number of rotatable bonds is 4. The lowest BCUT2D eigenvalue weighted by Crippen LogP contribution is -2.25. The summed E-state index contributed by atoms with van der Waals surface area (Å²) in [4.78, 5) is 8.32. The number of hydrogen-bond donors (Lipinski definition) is 3. The van der Waals surface area contributed by atoms with Gasteiger partial charge in [-0.15, -0.1) is 0 Å². The minimum absolute atomic E-state index is 0.253. The standard InChI is InChI=1S/C11H18N6/c1-4-8(6(2)3)14-9-7-5-13-17-10(7)16-11(12)15-9/h5-6,8H,4H2,1-3H3,(H4,12,13,14,15,16,17). The first-order valence-electron chi connectivity index (χ1n) is 5.85. The molecule has 0 aliphatic rings. The fraction of sp³-hybridized carbons (Fsp3) is 0.545. The molecule has 6 heteroatoms. The summed E-state index contributed by atoms with van der Waals surface area (Å²) in [5.41, 5.74) is 6.33. The van der Waals surface area contributed by atoms with Crippen molar-refractivity contribution in [2.24, 2.45) is 5.92 Å². The minimum Gasteiger partial charge on any atom is -0.368 e. The van der Waals surface area contributed by atoms with Crippen LogP contribution in [0.3, 0.4) is 0 Å². The number of H-pyrrole nitrogens is 1. The predicted molar refractivity (Wildman–Crippen MR) is 68.6 cm³/mol. The van der Waals surface area contributed by atoms with Crippen LogP contribution >= 0.6 is 0 Å². The summed E-state index contributed by atoms with van der Waals surface area (Å²) < 4.78 is 0. The lowest BCUT2D eigenvalue weighted by atomic mass is 10.0. The van der Waals surface area contributed by atoms with Crippen LogP contribution in [-0.2, 0) is 0 Å². The molecule has 1 atom stereocenters. The molecule has 92 valence electrons. The fourth-order valence-electron chi connectivity index (χ4n) is 1.88. The lowest BCUT2D eigenvalue weighted by Gasteiger charge is -2.21. The lowest BCUT2D eigenvalue weighted by molar-refractivity contribution is 0.510. The Morgan fingerprint density at radius 2 is 2.18 bits per heavy atom. The Labute approximate surface area is 100 Å². The monoisotopic (exact) mass is 234 g/mol. The number of aromatic amines is 1. The minimum atomic E-state index is 0.253. The third kappa shape index (κ3) is 2.30. The number of nitrogens with one attached hydrogen (secondary N) is 2. The second-order valence-electron chi connectivity index (χ2n) is 4.47. The molecule has 1 unspecified atom stereocenters. The first-order chi connectivity index (χ1) is 8.11. The van der Waals surface area contributed by atoms with Crippen molar-refractivity contribution in [3.63, 3.8) is 0 Å². The maximum absolute atomic E-state index is 5.67. The van der Waals surface area contributed by atoms with Gasteiger partial charge in [-0.05, 0) is 12.3 Å². The fourth-order valence-corrected chi connectivity index (χ4v) is 1.88. The highest BCUT2D eigenvalue weighted by Gasteiger charge is 2.14. The Balaban J connectivity index is 2.37. The molecule has 0 amide bonds. The zero-order valence-electron chi connectivity index (χ0n) is 10.4.